The van der Waals surface area contributed by atoms with Gasteiger partial charge in [0, 0.05) is 0 Å². The summed E-state index contributed by atoms with van der Waals surface area (Å²) < 4.78 is 227. The molecule has 0 aromatic heterocycles. The average Bonchev–Trinajstić information content (AvgIpc) is 2.50. The summed E-state index contributed by atoms with van der Waals surface area (Å²) in [7, 11) is 0. The lowest BCUT2D eigenvalue weighted by atomic mass is 9.88. The molecule has 0 aliphatic rings. The second kappa shape index (κ2) is 7.09. The van der Waals surface area contributed by atoms with Crippen molar-refractivity contribution in [3.05, 3.63) is 0 Å². The fourth-order valence-electron chi connectivity index (χ4n) is 1.54. The van der Waals surface area contributed by atoms with Gasteiger partial charge in [-0.2, -0.15) is 79.0 Å². The van der Waals surface area contributed by atoms with Gasteiger partial charge in [0.05, 0.1) is 0 Å². The zero-order valence-corrected chi connectivity index (χ0v) is 12.9. The summed E-state index contributed by atoms with van der Waals surface area (Å²) in [6.45, 7) is 0. The molecule has 0 aliphatic carbocycles. The number of hydrogen-bond donors (Lipinski definition) is 2. The summed E-state index contributed by atoms with van der Waals surface area (Å²) >= 11 is 0. The largest absolute Gasteiger partial charge is 0.460 e. The molecule has 0 rings (SSSR count). The zero-order valence-electron chi connectivity index (χ0n) is 12.9. The molecule has 0 fully saturated rings. The molecule has 0 bridgehead atoms. The molecule has 182 valence electrons. The van der Waals surface area contributed by atoms with E-state index in [1.54, 1.807) is 0 Å². The predicted octanol–water partition coefficient (Wildman–Crippen LogP) is 4.64. The molecule has 2 N–H and O–H groups in total. The third kappa shape index (κ3) is 3.72. The van der Waals surface area contributed by atoms with E-state index in [0.717, 1.165) is 0 Å². The highest BCUT2D eigenvalue weighted by Gasteiger charge is 2.94. The van der Waals surface area contributed by atoms with Gasteiger partial charge in [0.25, 0.3) is 0 Å². The molecule has 30 heavy (non-hydrogen) atoms. The van der Waals surface area contributed by atoms with Crippen molar-refractivity contribution in [3.63, 3.8) is 0 Å². The van der Waals surface area contributed by atoms with Gasteiger partial charge < -0.3 is 10.2 Å². The predicted molar refractivity (Wildman–Crippen MR) is 53.8 cm³/mol. The smallest absolute Gasteiger partial charge is 0.383 e. The lowest BCUT2D eigenvalue weighted by molar-refractivity contribution is -0.457. The van der Waals surface area contributed by atoms with Crippen molar-refractivity contribution in [2.45, 2.75) is 60.1 Å². The lowest BCUT2D eigenvalue weighted by Crippen LogP contribution is -2.74. The van der Waals surface area contributed by atoms with E-state index in [1.165, 1.54) is 0 Å². The van der Waals surface area contributed by atoms with Gasteiger partial charge >= 0.3 is 47.9 Å². The van der Waals surface area contributed by atoms with Crippen molar-refractivity contribution in [2.24, 2.45) is 0 Å². The number of halogens is 18. The van der Waals surface area contributed by atoms with E-state index < -0.39 is 60.1 Å². The molecule has 0 aromatic rings. The number of alkyl halides is 18. The minimum absolute atomic E-state index is 5.11. The van der Waals surface area contributed by atoms with Gasteiger partial charge in [0.2, 0.25) is 0 Å². The molecular formula is C10H4F18O2. The Hall–Kier alpha value is -1.34. The van der Waals surface area contributed by atoms with Gasteiger partial charge in [-0.15, -0.1) is 0 Å². The maximum absolute atomic E-state index is 13.2. The van der Waals surface area contributed by atoms with Crippen LogP contribution in [0.3, 0.4) is 0 Å². The van der Waals surface area contributed by atoms with Crippen molar-refractivity contribution in [1.82, 2.24) is 0 Å². The van der Waals surface area contributed by atoms with E-state index in [1.807, 2.05) is 0 Å². The van der Waals surface area contributed by atoms with Crippen LogP contribution in [0.2, 0.25) is 0 Å². The third-order valence-electron chi connectivity index (χ3n) is 3.36. The Morgan fingerprint density at radius 1 is 0.367 bits per heavy atom. The highest BCUT2D eigenvalue weighted by Crippen LogP contribution is 2.62. The van der Waals surface area contributed by atoms with Gasteiger partial charge in [-0.05, 0) is 0 Å². The van der Waals surface area contributed by atoms with E-state index in [-0.39, 0.29) is 0 Å². The summed E-state index contributed by atoms with van der Waals surface area (Å²) in [4.78, 5) is 0. The van der Waals surface area contributed by atoms with Gasteiger partial charge in [-0.1, -0.05) is 0 Å². The molecule has 20 heteroatoms. The summed E-state index contributed by atoms with van der Waals surface area (Å²) in [5.74, 6) is -50.2. The van der Waals surface area contributed by atoms with Crippen molar-refractivity contribution < 1.29 is 89.2 Å². The molecular weight excluding hydrogens is 494 g/mol. The van der Waals surface area contributed by atoms with Crippen LogP contribution in [0.4, 0.5) is 79.0 Å². The highest BCUT2D eigenvalue weighted by atomic mass is 19.4. The summed E-state index contributed by atoms with van der Waals surface area (Å²) in [5, 5.41) is 16.5. The van der Waals surface area contributed by atoms with E-state index >= 15 is 0 Å². The second-order valence-corrected chi connectivity index (χ2v) is 5.42. The van der Waals surface area contributed by atoms with Gasteiger partial charge in [0.1, 0.15) is 0 Å². The van der Waals surface area contributed by atoms with Crippen molar-refractivity contribution in [1.29, 1.82) is 0 Å². The lowest BCUT2D eigenvalue weighted by Gasteiger charge is -2.42. The monoisotopic (exact) mass is 498 g/mol. The first kappa shape index (κ1) is 28.7. The quantitative estimate of drug-likeness (QED) is 0.503. The van der Waals surface area contributed by atoms with E-state index in [2.05, 4.69) is 0 Å². The zero-order chi connectivity index (χ0) is 25.2. The Bertz CT molecular complexity index is 615. The first-order valence-corrected chi connectivity index (χ1v) is 6.33. The number of rotatable bonds is 7. The maximum atomic E-state index is 13.2. The van der Waals surface area contributed by atoms with E-state index in [9.17, 15) is 79.0 Å². The van der Waals surface area contributed by atoms with Crippen LogP contribution < -0.4 is 0 Å². The molecule has 2 unspecified atom stereocenters. The Morgan fingerprint density at radius 2 is 0.633 bits per heavy atom. The van der Waals surface area contributed by atoms with Gasteiger partial charge in [-0.25, -0.2) is 0 Å². The minimum Gasteiger partial charge on any atom is -0.383 e. The first-order valence-electron chi connectivity index (χ1n) is 6.33. The molecule has 0 amide bonds. The molecule has 0 saturated carbocycles. The third-order valence-corrected chi connectivity index (χ3v) is 3.36. The van der Waals surface area contributed by atoms with Crippen LogP contribution in [0.25, 0.3) is 0 Å². The number of aliphatic hydroxyl groups excluding tert-OH is 2. The Morgan fingerprint density at radius 3 is 0.900 bits per heavy atom. The summed E-state index contributed by atoms with van der Waals surface area (Å²) in [6, 6.07) is 0. The maximum Gasteiger partial charge on any atom is 0.460 e. The SMILES string of the molecule is OC(C(O)C(F)(F)C(F)(F)C(F)(F)C(F)(F)C(F)(F)C(F)(F)C(F)(F)F)C(F)(F)F. The average molecular weight is 498 g/mol. The fraction of sp³-hybridized carbons (Fsp3) is 1.00. The fourth-order valence-corrected chi connectivity index (χ4v) is 1.54. The van der Waals surface area contributed by atoms with Crippen LogP contribution in [-0.2, 0) is 0 Å². The Kier molecular flexibility index (Phi) is 6.77. The molecule has 0 aromatic carbocycles. The second-order valence-electron chi connectivity index (χ2n) is 5.42. The Balaban J connectivity index is 6.63. The topological polar surface area (TPSA) is 40.5 Å². The van der Waals surface area contributed by atoms with Crippen molar-refractivity contribution in [3.8, 4) is 0 Å². The molecule has 0 radical (unpaired) electrons. The normalized spacial score (nSPS) is 18.4. The van der Waals surface area contributed by atoms with Gasteiger partial charge in [-0.3, -0.25) is 0 Å². The molecule has 0 spiro atoms. The molecule has 0 aliphatic heterocycles. The standard InChI is InChI=1S/C10H4F18O2/c11-3(12,1(29)2(30)4(13,14)15)5(16,17)6(18,19)7(20,21)8(22,23)9(24,25)10(26,27)28/h1-2,29-30H. The molecule has 2 nitrogen and oxygen atoms in total. The van der Waals surface area contributed by atoms with Crippen LogP contribution in [-0.4, -0.2) is 70.3 Å². The number of hydrogen-bond acceptors (Lipinski definition) is 2. The van der Waals surface area contributed by atoms with Crippen LogP contribution in [0.15, 0.2) is 0 Å². The first-order chi connectivity index (χ1) is 12.6. The summed E-state index contributed by atoms with van der Waals surface area (Å²) in [5.41, 5.74) is 0. The molecule has 2 atom stereocenters. The minimum atomic E-state index is -8.71. The van der Waals surface area contributed by atoms with Crippen LogP contribution in [0, 0.1) is 0 Å². The van der Waals surface area contributed by atoms with Crippen LogP contribution >= 0.6 is 0 Å². The summed E-state index contributed by atoms with van der Waals surface area (Å²) in [6.07, 6.45) is -25.0. The van der Waals surface area contributed by atoms with Crippen LogP contribution in [0.1, 0.15) is 0 Å². The van der Waals surface area contributed by atoms with Gasteiger partial charge in [0.15, 0.2) is 12.2 Å². The highest BCUT2D eigenvalue weighted by molar-refractivity contribution is 5.14. The Labute approximate surface area is 151 Å². The van der Waals surface area contributed by atoms with E-state index in [4.69, 9.17) is 10.2 Å². The van der Waals surface area contributed by atoms with Crippen LogP contribution in [0.5, 0.6) is 0 Å². The number of aliphatic hydroxyl groups is 2. The molecule has 0 heterocycles. The van der Waals surface area contributed by atoms with Crippen molar-refractivity contribution >= 4 is 0 Å². The molecule has 0 saturated heterocycles. The van der Waals surface area contributed by atoms with E-state index in [0.29, 0.717) is 0 Å². The van der Waals surface area contributed by atoms with Crippen molar-refractivity contribution in [2.75, 3.05) is 0 Å².